The number of carbonyl (C=O) groups is 1. The average molecular weight is 289 g/mol. The molecule has 2 rings (SSSR count). The summed E-state index contributed by atoms with van der Waals surface area (Å²) in [6, 6.07) is 5.05. The Kier molecular flexibility index (Phi) is 5.29. The molecule has 1 aromatic rings. The summed E-state index contributed by atoms with van der Waals surface area (Å²) in [5.74, 6) is 0.650. The summed E-state index contributed by atoms with van der Waals surface area (Å²) < 4.78 is 0. The second kappa shape index (κ2) is 6.30. The van der Waals surface area contributed by atoms with Crippen molar-refractivity contribution >= 4 is 35.6 Å². The second-order valence-electron chi connectivity index (χ2n) is 4.55. The number of hydrogen-bond acceptors (Lipinski definition) is 2. The van der Waals surface area contributed by atoms with Crippen molar-refractivity contribution in [2.24, 2.45) is 5.92 Å². The number of nitrogen functional groups attached to an aromatic ring is 1. The molecule has 1 heterocycles. The van der Waals surface area contributed by atoms with Crippen LogP contribution in [0, 0.1) is 5.92 Å². The molecule has 1 aliphatic rings. The van der Waals surface area contributed by atoms with Gasteiger partial charge in [0.2, 0.25) is 0 Å². The van der Waals surface area contributed by atoms with Gasteiger partial charge in [0, 0.05) is 18.8 Å². The fourth-order valence-electron chi connectivity index (χ4n) is 2.23. The molecule has 0 radical (unpaired) electrons. The maximum absolute atomic E-state index is 12.2. The number of benzene rings is 1. The van der Waals surface area contributed by atoms with Crippen LogP contribution in [0.25, 0.3) is 0 Å². The molecule has 1 fully saturated rings. The number of anilines is 1. The van der Waals surface area contributed by atoms with E-state index >= 15 is 0 Å². The van der Waals surface area contributed by atoms with Crippen LogP contribution in [0.4, 0.5) is 5.69 Å². The van der Waals surface area contributed by atoms with Crippen LogP contribution in [0.15, 0.2) is 18.2 Å². The van der Waals surface area contributed by atoms with E-state index in [0.717, 1.165) is 25.9 Å². The molecule has 1 saturated heterocycles. The summed E-state index contributed by atoms with van der Waals surface area (Å²) in [6.07, 6.45) is 2.22. The van der Waals surface area contributed by atoms with Gasteiger partial charge in [0.1, 0.15) is 0 Å². The number of likely N-dealkylation sites (tertiary alicyclic amines) is 1. The molecule has 1 atom stereocenters. The summed E-state index contributed by atoms with van der Waals surface area (Å²) in [4.78, 5) is 14.1. The van der Waals surface area contributed by atoms with Crippen LogP contribution in [0.2, 0.25) is 5.02 Å². The lowest BCUT2D eigenvalue weighted by Gasteiger charge is -2.17. The van der Waals surface area contributed by atoms with Gasteiger partial charge in [-0.25, -0.2) is 0 Å². The summed E-state index contributed by atoms with van der Waals surface area (Å²) >= 11 is 6.05. The third-order valence-corrected chi connectivity index (χ3v) is 3.69. The first-order valence-corrected chi connectivity index (χ1v) is 6.34. The molecule has 5 heteroatoms. The topological polar surface area (TPSA) is 46.3 Å². The molecule has 0 aliphatic carbocycles. The summed E-state index contributed by atoms with van der Waals surface area (Å²) in [5, 5.41) is 0.440. The first-order chi connectivity index (χ1) is 8.11. The predicted molar refractivity (Wildman–Crippen MR) is 77.4 cm³/mol. The number of nitrogens with two attached hydrogens (primary N) is 1. The number of nitrogens with zero attached hydrogens (tertiary/aromatic N) is 1. The Morgan fingerprint density at radius 1 is 1.56 bits per heavy atom. The molecule has 1 unspecified atom stereocenters. The van der Waals surface area contributed by atoms with Crippen molar-refractivity contribution in [2.75, 3.05) is 18.8 Å². The fraction of sp³-hybridized carbons (Fsp3) is 0.462. The minimum atomic E-state index is 0. The van der Waals surface area contributed by atoms with Crippen LogP contribution in [0.3, 0.4) is 0 Å². The molecule has 18 heavy (non-hydrogen) atoms. The van der Waals surface area contributed by atoms with Gasteiger partial charge in [-0.05, 0) is 30.5 Å². The van der Waals surface area contributed by atoms with Gasteiger partial charge in [-0.1, -0.05) is 24.9 Å². The fourth-order valence-corrected chi connectivity index (χ4v) is 2.50. The normalized spacial score (nSPS) is 18.6. The van der Waals surface area contributed by atoms with Crippen LogP contribution in [-0.4, -0.2) is 23.9 Å². The number of carbonyl (C=O) groups excluding carboxylic acids is 1. The Balaban J connectivity index is 0.00000162. The highest BCUT2D eigenvalue weighted by atomic mass is 35.5. The van der Waals surface area contributed by atoms with E-state index in [2.05, 4.69) is 6.92 Å². The van der Waals surface area contributed by atoms with E-state index in [9.17, 15) is 4.79 Å². The molecule has 0 aromatic heterocycles. The van der Waals surface area contributed by atoms with Gasteiger partial charge >= 0.3 is 0 Å². The van der Waals surface area contributed by atoms with Crippen molar-refractivity contribution in [3.05, 3.63) is 28.8 Å². The van der Waals surface area contributed by atoms with Crippen LogP contribution in [0.1, 0.15) is 30.1 Å². The van der Waals surface area contributed by atoms with Crippen molar-refractivity contribution in [3.8, 4) is 0 Å². The number of halogens is 2. The zero-order valence-corrected chi connectivity index (χ0v) is 11.9. The van der Waals surface area contributed by atoms with Gasteiger partial charge in [0.15, 0.2) is 0 Å². The van der Waals surface area contributed by atoms with Gasteiger partial charge in [-0.3, -0.25) is 4.79 Å². The van der Waals surface area contributed by atoms with E-state index in [1.165, 1.54) is 0 Å². The molecule has 0 bridgehead atoms. The first-order valence-electron chi connectivity index (χ1n) is 5.96. The van der Waals surface area contributed by atoms with E-state index in [4.69, 9.17) is 17.3 Å². The molecule has 1 aliphatic heterocycles. The van der Waals surface area contributed by atoms with Crippen molar-refractivity contribution < 1.29 is 4.79 Å². The van der Waals surface area contributed by atoms with E-state index < -0.39 is 0 Å². The molecule has 0 spiro atoms. The van der Waals surface area contributed by atoms with E-state index in [-0.39, 0.29) is 18.3 Å². The van der Waals surface area contributed by atoms with Gasteiger partial charge in [0.05, 0.1) is 10.6 Å². The smallest absolute Gasteiger partial charge is 0.255 e. The molecule has 100 valence electrons. The second-order valence-corrected chi connectivity index (χ2v) is 4.96. The van der Waals surface area contributed by atoms with Crippen molar-refractivity contribution in [2.45, 2.75) is 19.8 Å². The minimum Gasteiger partial charge on any atom is -0.399 e. The van der Waals surface area contributed by atoms with Crippen LogP contribution < -0.4 is 5.73 Å². The molecule has 0 saturated carbocycles. The molecule has 3 nitrogen and oxygen atoms in total. The summed E-state index contributed by atoms with van der Waals surface area (Å²) in [6.45, 7) is 3.84. The third-order valence-electron chi connectivity index (χ3n) is 3.37. The standard InChI is InChI=1S/C13H17ClN2O.ClH/c1-2-9-5-6-16(8-9)13(17)11-4-3-10(15)7-12(11)14;/h3-4,7,9H,2,5-6,8,15H2,1H3;1H. The SMILES string of the molecule is CCC1CCN(C(=O)c2ccc(N)cc2Cl)C1.Cl. The van der Waals surface area contributed by atoms with Crippen LogP contribution in [-0.2, 0) is 0 Å². The zero-order valence-electron chi connectivity index (χ0n) is 10.4. The largest absolute Gasteiger partial charge is 0.399 e. The molecule has 1 amide bonds. The van der Waals surface area contributed by atoms with Gasteiger partial charge < -0.3 is 10.6 Å². The lowest BCUT2D eigenvalue weighted by atomic mass is 10.1. The average Bonchev–Trinajstić information content (AvgIpc) is 2.76. The first kappa shape index (κ1) is 15.1. The maximum atomic E-state index is 12.2. The van der Waals surface area contributed by atoms with E-state index in [0.29, 0.717) is 22.2 Å². The highest BCUT2D eigenvalue weighted by molar-refractivity contribution is 6.34. The number of rotatable bonds is 2. The minimum absolute atomic E-state index is 0. The summed E-state index contributed by atoms with van der Waals surface area (Å²) in [5.41, 5.74) is 6.75. The zero-order chi connectivity index (χ0) is 12.4. The Morgan fingerprint density at radius 2 is 2.28 bits per heavy atom. The van der Waals surface area contributed by atoms with Crippen molar-refractivity contribution in [1.29, 1.82) is 0 Å². The Bertz CT molecular complexity index is 437. The number of amides is 1. The van der Waals surface area contributed by atoms with Gasteiger partial charge in [-0.2, -0.15) is 0 Å². The lowest BCUT2D eigenvalue weighted by Crippen LogP contribution is -2.28. The number of hydrogen-bond donors (Lipinski definition) is 1. The Labute approximate surface area is 119 Å². The molecular weight excluding hydrogens is 271 g/mol. The maximum Gasteiger partial charge on any atom is 0.255 e. The Morgan fingerprint density at radius 3 is 2.83 bits per heavy atom. The van der Waals surface area contributed by atoms with Crippen LogP contribution in [0.5, 0.6) is 0 Å². The predicted octanol–water partition coefficient (Wildman–Crippen LogP) is 3.22. The summed E-state index contributed by atoms with van der Waals surface area (Å²) in [7, 11) is 0. The third kappa shape index (κ3) is 3.09. The van der Waals surface area contributed by atoms with E-state index in [1.807, 2.05) is 4.90 Å². The van der Waals surface area contributed by atoms with Crippen molar-refractivity contribution in [1.82, 2.24) is 4.90 Å². The molecular formula is C13H18Cl2N2O. The van der Waals surface area contributed by atoms with Gasteiger partial charge in [-0.15, -0.1) is 12.4 Å². The van der Waals surface area contributed by atoms with E-state index in [1.54, 1.807) is 18.2 Å². The van der Waals surface area contributed by atoms with Gasteiger partial charge in [0.25, 0.3) is 5.91 Å². The molecule has 2 N–H and O–H groups in total. The van der Waals surface area contributed by atoms with Crippen molar-refractivity contribution in [3.63, 3.8) is 0 Å². The monoisotopic (exact) mass is 288 g/mol. The lowest BCUT2D eigenvalue weighted by molar-refractivity contribution is 0.0787. The van der Waals surface area contributed by atoms with Crippen LogP contribution >= 0.6 is 24.0 Å². The Hall–Kier alpha value is -0.930. The molecule has 1 aromatic carbocycles. The quantitative estimate of drug-likeness (QED) is 0.850. The highest BCUT2D eigenvalue weighted by Crippen LogP contribution is 2.25. The highest BCUT2D eigenvalue weighted by Gasteiger charge is 2.26.